The zero-order chi connectivity index (χ0) is 12.1. The van der Waals surface area contributed by atoms with Crippen molar-refractivity contribution in [3.05, 3.63) is 35.1 Å². The molecule has 0 aromatic heterocycles. The van der Waals surface area contributed by atoms with E-state index in [9.17, 15) is 9.65 Å². The summed E-state index contributed by atoms with van der Waals surface area (Å²) in [5.74, 6) is -0.252. The van der Waals surface area contributed by atoms with Crippen LogP contribution in [0.4, 0.5) is 4.39 Å². The Labute approximate surface area is 96.3 Å². The molecule has 0 saturated heterocycles. The predicted octanol–water partition coefficient (Wildman–Crippen LogP) is 3.04. The van der Waals surface area contributed by atoms with Gasteiger partial charge in [-0.1, -0.05) is 19.9 Å². The van der Waals surface area contributed by atoms with Gasteiger partial charge in [-0.15, -0.1) is 0 Å². The molecule has 1 aromatic rings. The van der Waals surface area contributed by atoms with Crippen LogP contribution in [0.15, 0.2) is 18.2 Å². The molecule has 2 nitrogen and oxygen atoms in total. The van der Waals surface area contributed by atoms with Crippen molar-refractivity contribution < 1.29 is 4.39 Å². The molecule has 86 valence electrons. The summed E-state index contributed by atoms with van der Waals surface area (Å²) in [5, 5.41) is 9.22. The van der Waals surface area contributed by atoms with E-state index in [1.165, 1.54) is 12.1 Å². The van der Waals surface area contributed by atoms with Crippen LogP contribution < -0.4 is 0 Å². The Morgan fingerprint density at radius 3 is 2.44 bits per heavy atom. The third kappa shape index (κ3) is 2.59. The summed E-state index contributed by atoms with van der Waals surface area (Å²) in [6, 6.07) is 6.60. The Kier molecular flexibility index (Phi) is 4.45. The molecule has 0 aliphatic carbocycles. The maximum Gasteiger partial charge on any atom is 0.124 e. The third-order valence-electron chi connectivity index (χ3n) is 2.83. The summed E-state index contributed by atoms with van der Waals surface area (Å²) in [6.07, 6.45) is 0. The summed E-state index contributed by atoms with van der Waals surface area (Å²) >= 11 is 0. The molecule has 3 heteroatoms. The van der Waals surface area contributed by atoms with Crippen LogP contribution in [-0.4, -0.2) is 18.0 Å². The van der Waals surface area contributed by atoms with Crippen molar-refractivity contribution in [3.63, 3.8) is 0 Å². The monoisotopic (exact) mass is 220 g/mol. The first kappa shape index (κ1) is 12.7. The Balaban J connectivity index is 3.09. The van der Waals surface area contributed by atoms with Gasteiger partial charge in [-0.25, -0.2) is 4.39 Å². The zero-order valence-corrected chi connectivity index (χ0v) is 10.00. The summed E-state index contributed by atoms with van der Waals surface area (Å²) in [7, 11) is 0. The summed E-state index contributed by atoms with van der Waals surface area (Å²) in [6.45, 7) is 7.50. The predicted molar refractivity (Wildman–Crippen MR) is 62.4 cm³/mol. The fourth-order valence-corrected chi connectivity index (χ4v) is 1.88. The van der Waals surface area contributed by atoms with Crippen LogP contribution in [0.3, 0.4) is 0 Å². The fourth-order valence-electron chi connectivity index (χ4n) is 1.88. The maximum atomic E-state index is 13.0. The van der Waals surface area contributed by atoms with Gasteiger partial charge in [0.15, 0.2) is 0 Å². The first-order chi connectivity index (χ1) is 7.63. The van der Waals surface area contributed by atoms with Crippen LogP contribution in [0, 0.1) is 24.1 Å². The molecule has 1 rings (SSSR count). The molecule has 0 spiro atoms. The van der Waals surface area contributed by atoms with Crippen molar-refractivity contribution in [2.24, 2.45) is 0 Å². The minimum Gasteiger partial charge on any atom is -0.285 e. The van der Waals surface area contributed by atoms with Crippen LogP contribution in [-0.2, 0) is 0 Å². The van der Waals surface area contributed by atoms with Gasteiger partial charge in [0.2, 0.25) is 0 Å². The van der Waals surface area contributed by atoms with E-state index in [0.29, 0.717) is 0 Å². The first-order valence-corrected chi connectivity index (χ1v) is 5.53. The van der Waals surface area contributed by atoms with Crippen LogP contribution in [0.25, 0.3) is 0 Å². The summed E-state index contributed by atoms with van der Waals surface area (Å²) in [4.78, 5) is 2.06. The van der Waals surface area contributed by atoms with E-state index in [2.05, 4.69) is 11.0 Å². The molecule has 0 radical (unpaired) electrons. The first-order valence-electron chi connectivity index (χ1n) is 5.53. The molecule has 0 heterocycles. The average Bonchev–Trinajstić information content (AvgIpc) is 2.27. The van der Waals surface area contributed by atoms with Crippen molar-refractivity contribution in [1.82, 2.24) is 4.90 Å². The maximum absolute atomic E-state index is 13.0. The Morgan fingerprint density at radius 2 is 2.00 bits per heavy atom. The van der Waals surface area contributed by atoms with Gasteiger partial charge in [-0.05, 0) is 43.3 Å². The van der Waals surface area contributed by atoms with Crippen molar-refractivity contribution in [3.8, 4) is 6.07 Å². The van der Waals surface area contributed by atoms with Crippen molar-refractivity contribution in [1.29, 1.82) is 5.26 Å². The molecule has 0 aliphatic rings. The van der Waals surface area contributed by atoms with Crippen LogP contribution in [0.1, 0.15) is 31.0 Å². The van der Waals surface area contributed by atoms with E-state index in [1.54, 1.807) is 6.07 Å². The lowest BCUT2D eigenvalue weighted by Crippen LogP contribution is -2.28. The van der Waals surface area contributed by atoms with Crippen molar-refractivity contribution in [2.45, 2.75) is 26.8 Å². The second-order valence-corrected chi connectivity index (χ2v) is 3.75. The molecule has 16 heavy (non-hydrogen) atoms. The molecule has 0 amide bonds. The number of hydrogen-bond donors (Lipinski definition) is 0. The lowest BCUT2D eigenvalue weighted by molar-refractivity contribution is 0.262. The average molecular weight is 220 g/mol. The van der Waals surface area contributed by atoms with E-state index in [4.69, 9.17) is 0 Å². The van der Waals surface area contributed by atoms with Gasteiger partial charge in [-0.3, -0.25) is 4.90 Å². The second kappa shape index (κ2) is 5.62. The minimum atomic E-state index is -0.282. The quantitative estimate of drug-likeness (QED) is 0.779. The van der Waals surface area contributed by atoms with Crippen LogP contribution in [0.5, 0.6) is 0 Å². The number of halogens is 1. The molecule has 1 aromatic carbocycles. The van der Waals surface area contributed by atoms with E-state index < -0.39 is 0 Å². The third-order valence-corrected chi connectivity index (χ3v) is 2.83. The van der Waals surface area contributed by atoms with Gasteiger partial charge >= 0.3 is 0 Å². The number of hydrogen-bond acceptors (Lipinski definition) is 2. The topological polar surface area (TPSA) is 27.0 Å². The number of nitriles is 1. The summed E-state index contributed by atoms with van der Waals surface area (Å²) in [5.41, 5.74) is 1.73. The van der Waals surface area contributed by atoms with Crippen LogP contribution >= 0.6 is 0 Å². The lowest BCUT2D eigenvalue weighted by Gasteiger charge is -2.25. The number of rotatable bonds is 4. The van der Waals surface area contributed by atoms with E-state index in [1.807, 2.05) is 20.8 Å². The fraction of sp³-hybridized carbons (Fsp3) is 0.462. The van der Waals surface area contributed by atoms with Crippen molar-refractivity contribution in [2.75, 3.05) is 13.1 Å². The molecule has 0 fully saturated rings. The Bertz CT molecular complexity index is 391. The minimum absolute atomic E-state index is 0.252. The van der Waals surface area contributed by atoms with Crippen molar-refractivity contribution >= 4 is 0 Å². The molecule has 0 bridgehead atoms. The van der Waals surface area contributed by atoms with Gasteiger partial charge in [0.1, 0.15) is 11.9 Å². The molecular weight excluding hydrogens is 203 g/mol. The Morgan fingerprint density at radius 1 is 1.38 bits per heavy atom. The normalized spacial score (nSPS) is 12.5. The molecule has 0 N–H and O–H groups in total. The molecule has 0 saturated carbocycles. The van der Waals surface area contributed by atoms with Gasteiger partial charge in [0.25, 0.3) is 0 Å². The van der Waals surface area contributed by atoms with E-state index in [0.717, 1.165) is 24.2 Å². The number of benzene rings is 1. The standard InChI is InChI=1S/C13H17FN2/c1-4-16(5-2)13(9-15)12-7-6-11(14)8-10(12)3/h6-8,13H,4-5H2,1-3H3. The Hall–Kier alpha value is -1.40. The lowest BCUT2D eigenvalue weighted by atomic mass is 10.0. The van der Waals surface area contributed by atoms with Gasteiger partial charge in [-0.2, -0.15) is 5.26 Å². The largest absolute Gasteiger partial charge is 0.285 e. The SMILES string of the molecule is CCN(CC)C(C#N)c1ccc(F)cc1C. The zero-order valence-electron chi connectivity index (χ0n) is 10.00. The highest BCUT2D eigenvalue weighted by Gasteiger charge is 2.18. The van der Waals surface area contributed by atoms with Crippen LogP contribution in [0.2, 0.25) is 0 Å². The summed E-state index contributed by atoms with van der Waals surface area (Å²) < 4.78 is 13.0. The molecular formula is C13H17FN2. The van der Waals surface area contributed by atoms with Gasteiger partial charge in [0, 0.05) is 0 Å². The van der Waals surface area contributed by atoms with Gasteiger partial charge < -0.3 is 0 Å². The number of aryl methyl sites for hydroxylation is 1. The van der Waals surface area contributed by atoms with Gasteiger partial charge in [0.05, 0.1) is 6.07 Å². The highest BCUT2D eigenvalue weighted by atomic mass is 19.1. The highest BCUT2D eigenvalue weighted by Crippen LogP contribution is 2.23. The number of nitrogens with zero attached hydrogens (tertiary/aromatic N) is 2. The molecule has 1 atom stereocenters. The highest BCUT2D eigenvalue weighted by molar-refractivity contribution is 5.32. The smallest absolute Gasteiger partial charge is 0.124 e. The van der Waals surface area contributed by atoms with E-state index >= 15 is 0 Å². The molecule has 0 aliphatic heterocycles. The second-order valence-electron chi connectivity index (χ2n) is 3.75. The van der Waals surface area contributed by atoms with E-state index in [-0.39, 0.29) is 11.9 Å². The molecule has 1 unspecified atom stereocenters.